The van der Waals surface area contributed by atoms with Gasteiger partial charge in [-0.3, -0.25) is 14.4 Å². The molecule has 0 bridgehead atoms. The summed E-state index contributed by atoms with van der Waals surface area (Å²) in [5.41, 5.74) is 0. The molecule has 0 saturated carbocycles. The van der Waals surface area contributed by atoms with E-state index in [0.29, 0.717) is 28.7 Å². The van der Waals surface area contributed by atoms with Crippen LogP contribution in [0.1, 0.15) is 0 Å². The maximum absolute atomic E-state index is 12.1. The predicted octanol–water partition coefficient (Wildman–Crippen LogP) is 1.61. The van der Waals surface area contributed by atoms with E-state index in [0.717, 1.165) is 0 Å². The van der Waals surface area contributed by atoms with Crippen LogP contribution >= 0.6 is 0 Å². The lowest BCUT2D eigenvalue weighted by Gasteiger charge is -2.10. The normalized spacial score (nSPS) is 11.5. The summed E-state index contributed by atoms with van der Waals surface area (Å²) in [6.07, 6.45) is 0. The summed E-state index contributed by atoms with van der Waals surface area (Å²) in [7, 11) is 4.36. The Balaban J connectivity index is 1.55. The number of methoxy groups -OCH3 is 3. The summed E-state index contributed by atoms with van der Waals surface area (Å²) < 4.78 is 36.5. The molecule has 1 aliphatic rings. The third-order valence-corrected chi connectivity index (χ3v) is 4.20. The van der Waals surface area contributed by atoms with E-state index >= 15 is 0 Å². The van der Waals surface area contributed by atoms with Crippen molar-refractivity contribution in [3.05, 3.63) is 30.3 Å². The molecule has 0 N–H and O–H groups in total. The van der Waals surface area contributed by atoms with Crippen LogP contribution in [-0.4, -0.2) is 58.7 Å². The summed E-state index contributed by atoms with van der Waals surface area (Å²) in [6.45, 7) is -1.24. The first-order valence-electron chi connectivity index (χ1n) is 9.01. The number of hydrogen-bond donors (Lipinski definition) is 0. The van der Waals surface area contributed by atoms with Gasteiger partial charge in [-0.05, 0) is 0 Å². The predicted molar refractivity (Wildman–Crippen MR) is 105 cm³/mol. The van der Waals surface area contributed by atoms with Crippen molar-refractivity contribution in [2.45, 2.75) is 0 Å². The van der Waals surface area contributed by atoms with Crippen LogP contribution in [0.3, 0.4) is 0 Å². The molecule has 0 unspecified atom stereocenters. The second kappa shape index (κ2) is 9.70. The summed E-state index contributed by atoms with van der Waals surface area (Å²) in [5.74, 6) is -0.779. The summed E-state index contributed by atoms with van der Waals surface area (Å²) >= 11 is 0. The van der Waals surface area contributed by atoms with Gasteiger partial charge in [0, 0.05) is 30.3 Å². The Morgan fingerprint density at radius 3 is 1.84 bits per heavy atom. The molecular formula is C21H20O10. The molecule has 2 aromatic rings. The van der Waals surface area contributed by atoms with Crippen molar-refractivity contribution in [1.29, 1.82) is 0 Å². The number of ether oxygens (including phenoxy) is 7. The van der Waals surface area contributed by atoms with Crippen LogP contribution in [0.4, 0.5) is 0 Å². The summed E-state index contributed by atoms with van der Waals surface area (Å²) in [5, 5.41) is 0. The number of rotatable bonds is 11. The first-order valence-corrected chi connectivity index (χ1v) is 9.01. The molecule has 0 fully saturated rings. The Bertz CT molecular complexity index is 976. The highest BCUT2D eigenvalue weighted by molar-refractivity contribution is 6.64. The van der Waals surface area contributed by atoms with Crippen LogP contribution in [0.25, 0.3) is 0 Å². The van der Waals surface area contributed by atoms with E-state index in [1.165, 1.54) is 45.6 Å². The number of benzene rings is 2. The maximum Gasteiger partial charge on any atom is 0.271 e. The Morgan fingerprint density at radius 1 is 0.742 bits per heavy atom. The van der Waals surface area contributed by atoms with Crippen molar-refractivity contribution in [1.82, 2.24) is 0 Å². The minimum Gasteiger partial charge on any atom is -0.496 e. The van der Waals surface area contributed by atoms with Gasteiger partial charge in [0.2, 0.25) is 24.1 Å². The number of ketones is 3. The fourth-order valence-electron chi connectivity index (χ4n) is 2.64. The molecule has 0 amide bonds. The average Bonchev–Trinajstić information content (AvgIpc) is 3.28. The molecule has 164 valence electrons. The molecule has 0 saturated heterocycles. The molecule has 0 spiro atoms. The van der Waals surface area contributed by atoms with Gasteiger partial charge in [-0.2, -0.15) is 0 Å². The quantitative estimate of drug-likeness (QED) is 0.383. The van der Waals surface area contributed by atoms with Crippen molar-refractivity contribution in [3.8, 4) is 40.2 Å². The zero-order valence-corrected chi connectivity index (χ0v) is 17.1. The van der Waals surface area contributed by atoms with E-state index in [9.17, 15) is 14.4 Å². The fourth-order valence-corrected chi connectivity index (χ4v) is 2.64. The Morgan fingerprint density at radius 2 is 1.29 bits per heavy atom. The minimum atomic E-state index is -1.23. The third kappa shape index (κ3) is 5.16. The lowest BCUT2D eigenvalue weighted by molar-refractivity contribution is -0.145. The average molecular weight is 432 g/mol. The first-order chi connectivity index (χ1) is 14.9. The van der Waals surface area contributed by atoms with Crippen LogP contribution in [0.2, 0.25) is 0 Å². The lowest BCUT2D eigenvalue weighted by atomic mass is 10.2. The summed E-state index contributed by atoms with van der Waals surface area (Å²) in [4.78, 5) is 36.2. The third-order valence-electron chi connectivity index (χ3n) is 4.20. The van der Waals surface area contributed by atoms with Gasteiger partial charge in [0.25, 0.3) is 5.78 Å². The van der Waals surface area contributed by atoms with Gasteiger partial charge in [0.15, 0.2) is 24.7 Å². The van der Waals surface area contributed by atoms with Crippen LogP contribution < -0.4 is 33.2 Å². The molecular weight excluding hydrogens is 412 g/mol. The Hall–Kier alpha value is -3.95. The second-order valence-corrected chi connectivity index (χ2v) is 6.16. The molecule has 31 heavy (non-hydrogen) atoms. The Kier molecular flexibility index (Phi) is 6.81. The van der Waals surface area contributed by atoms with Gasteiger partial charge in [0.05, 0.1) is 21.3 Å². The monoisotopic (exact) mass is 432 g/mol. The van der Waals surface area contributed by atoms with E-state index in [-0.39, 0.29) is 18.3 Å². The zero-order valence-electron chi connectivity index (χ0n) is 17.1. The molecule has 0 aromatic heterocycles. The standard InChI is InChI=1S/C21H20O10/c1-25-12-4-13(26-2)6-14(5-12)28-9-16(22)20(24)17(23)10-29-15-7-18(27-3)21-19(8-15)30-11-31-21/h4-8H,9-11H2,1-3H3. The SMILES string of the molecule is COc1cc(OC)cc(OCC(=O)C(=O)C(=O)COc2cc(OC)c3c(c2)OCO3)c1. The molecule has 10 nitrogen and oxygen atoms in total. The molecule has 10 heteroatoms. The van der Waals surface area contributed by atoms with E-state index in [1.54, 1.807) is 6.07 Å². The van der Waals surface area contributed by atoms with E-state index in [2.05, 4.69) is 0 Å². The largest absolute Gasteiger partial charge is 0.496 e. The molecule has 1 aliphatic heterocycles. The Labute approximate surface area is 177 Å². The number of hydrogen-bond acceptors (Lipinski definition) is 10. The van der Waals surface area contributed by atoms with Gasteiger partial charge in [0.1, 0.15) is 23.0 Å². The van der Waals surface area contributed by atoms with Crippen molar-refractivity contribution in [2.24, 2.45) is 0 Å². The molecule has 3 rings (SSSR count). The highest BCUT2D eigenvalue weighted by Crippen LogP contribution is 2.44. The maximum atomic E-state index is 12.1. The van der Waals surface area contributed by atoms with E-state index in [1.807, 2.05) is 0 Å². The van der Waals surface area contributed by atoms with Crippen LogP contribution in [0.15, 0.2) is 30.3 Å². The fraction of sp³-hybridized carbons (Fsp3) is 0.286. The van der Waals surface area contributed by atoms with Crippen molar-refractivity contribution in [2.75, 3.05) is 41.3 Å². The first kappa shape index (κ1) is 21.8. The topological polar surface area (TPSA) is 116 Å². The molecule has 0 radical (unpaired) electrons. The van der Waals surface area contributed by atoms with Crippen molar-refractivity contribution >= 4 is 17.3 Å². The minimum absolute atomic E-state index is 0.0280. The molecule has 0 aliphatic carbocycles. The van der Waals surface area contributed by atoms with Gasteiger partial charge in [-0.1, -0.05) is 0 Å². The van der Waals surface area contributed by atoms with Gasteiger partial charge >= 0.3 is 0 Å². The van der Waals surface area contributed by atoms with E-state index < -0.39 is 30.6 Å². The number of Topliss-reactive ketones (excluding diaryl/α,β-unsaturated/α-hetero) is 3. The number of fused-ring (bicyclic) bond motifs is 1. The summed E-state index contributed by atoms with van der Waals surface area (Å²) in [6, 6.07) is 7.61. The number of carbonyl (C=O) groups is 3. The van der Waals surface area contributed by atoms with Crippen LogP contribution in [-0.2, 0) is 14.4 Å². The van der Waals surface area contributed by atoms with E-state index in [4.69, 9.17) is 33.2 Å². The van der Waals surface area contributed by atoms with Crippen LogP contribution in [0.5, 0.6) is 40.2 Å². The highest BCUT2D eigenvalue weighted by atomic mass is 16.7. The lowest BCUT2D eigenvalue weighted by Crippen LogP contribution is -2.32. The molecule has 2 aromatic carbocycles. The van der Waals surface area contributed by atoms with Crippen molar-refractivity contribution < 1.29 is 47.5 Å². The second-order valence-electron chi connectivity index (χ2n) is 6.16. The zero-order chi connectivity index (χ0) is 22.4. The van der Waals surface area contributed by atoms with Crippen LogP contribution in [0, 0.1) is 0 Å². The highest BCUT2D eigenvalue weighted by Gasteiger charge is 2.25. The smallest absolute Gasteiger partial charge is 0.271 e. The molecule has 0 atom stereocenters. The van der Waals surface area contributed by atoms with Crippen molar-refractivity contribution in [3.63, 3.8) is 0 Å². The number of carbonyl (C=O) groups excluding carboxylic acids is 3. The van der Waals surface area contributed by atoms with Gasteiger partial charge < -0.3 is 33.2 Å². The van der Waals surface area contributed by atoms with Gasteiger partial charge in [-0.15, -0.1) is 0 Å². The van der Waals surface area contributed by atoms with Gasteiger partial charge in [-0.25, -0.2) is 0 Å². The molecule has 1 heterocycles.